The van der Waals surface area contributed by atoms with E-state index in [2.05, 4.69) is 0 Å². The highest BCUT2D eigenvalue weighted by atomic mass is 19.3. The third-order valence-electron chi connectivity index (χ3n) is 6.76. The van der Waals surface area contributed by atoms with E-state index in [4.69, 9.17) is 0 Å². The summed E-state index contributed by atoms with van der Waals surface area (Å²) in [6.45, 7) is 0.507. The number of hydrogen-bond donors (Lipinski definition) is 1. The zero-order chi connectivity index (χ0) is 19.4. The van der Waals surface area contributed by atoms with E-state index in [0.29, 0.717) is 18.7 Å². The van der Waals surface area contributed by atoms with Gasteiger partial charge in [-0.2, -0.15) is 0 Å². The Morgan fingerprint density at radius 1 is 1.00 bits per heavy atom. The largest absolute Gasteiger partial charge is 0.384 e. The van der Waals surface area contributed by atoms with Crippen LogP contribution in [0.15, 0.2) is 24.3 Å². The fraction of sp³-hybridized carbons (Fsp3) is 0.650. The zero-order valence-corrected chi connectivity index (χ0v) is 14.9. The number of aliphatic hydroxyl groups is 1. The molecule has 0 radical (unpaired) electrons. The maximum atomic E-state index is 13.0. The van der Waals surface area contributed by atoms with Gasteiger partial charge in [0, 0.05) is 25.1 Å². The van der Waals surface area contributed by atoms with Gasteiger partial charge in [0.2, 0.25) is 11.8 Å². The number of alkyl halides is 4. The maximum Gasteiger partial charge on any atom is 0.266 e. The molecule has 1 amide bonds. The minimum atomic E-state index is -2.80. The molecule has 3 nitrogen and oxygen atoms in total. The van der Waals surface area contributed by atoms with Crippen molar-refractivity contribution in [3.63, 3.8) is 0 Å². The molecule has 3 fully saturated rings. The number of rotatable bonds is 3. The van der Waals surface area contributed by atoms with Crippen LogP contribution in [0.4, 0.5) is 23.2 Å². The Morgan fingerprint density at radius 3 is 2.11 bits per heavy atom. The van der Waals surface area contributed by atoms with Crippen LogP contribution >= 0.6 is 0 Å². The van der Waals surface area contributed by atoms with Gasteiger partial charge in [0.05, 0.1) is 5.41 Å². The summed E-state index contributed by atoms with van der Waals surface area (Å²) in [7, 11) is 0. The van der Waals surface area contributed by atoms with E-state index in [1.54, 1.807) is 29.2 Å². The average Bonchev–Trinajstić information content (AvgIpc) is 2.92. The van der Waals surface area contributed by atoms with Crippen molar-refractivity contribution in [3.05, 3.63) is 29.8 Å². The van der Waals surface area contributed by atoms with Crippen molar-refractivity contribution in [3.8, 4) is 0 Å². The molecular formula is C20H23F4NO2. The first-order valence-electron chi connectivity index (χ1n) is 9.45. The van der Waals surface area contributed by atoms with Crippen LogP contribution in [0.3, 0.4) is 0 Å². The molecule has 4 rings (SSSR count). The number of halogens is 4. The molecule has 1 aromatic rings. The molecule has 1 heterocycles. The fourth-order valence-electron chi connectivity index (χ4n) is 4.73. The van der Waals surface area contributed by atoms with Crippen molar-refractivity contribution in [2.45, 2.75) is 68.8 Å². The van der Waals surface area contributed by atoms with Gasteiger partial charge in [-0.1, -0.05) is 12.1 Å². The van der Waals surface area contributed by atoms with Gasteiger partial charge >= 0.3 is 0 Å². The molecule has 0 atom stereocenters. The summed E-state index contributed by atoms with van der Waals surface area (Å²) < 4.78 is 52.1. The van der Waals surface area contributed by atoms with Gasteiger partial charge in [-0.3, -0.25) is 4.79 Å². The molecule has 1 aliphatic heterocycles. The Balaban J connectivity index is 1.44. The SMILES string of the molecule is O=C1N(c2ccc(C3CC(F)(F)C3)cc2)CC[C@]12CC[C@@](O)(C(F)F)CC2. The predicted molar refractivity (Wildman–Crippen MR) is 92.2 cm³/mol. The number of hydrogen-bond acceptors (Lipinski definition) is 2. The average molecular weight is 385 g/mol. The molecule has 0 bridgehead atoms. The molecule has 0 aromatic heterocycles. The summed E-state index contributed by atoms with van der Waals surface area (Å²) in [6, 6.07) is 7.15. The lowest BCUT2D eigenvalue weighted by Gasteiger charge is -2.40. The zero-order valence-electron chi connectivity index (χ0n) is 14.9. The van der Waals surface area contributed by atoms with Crippen molar-refractivity contribution in [1.82, 2.24) is 0 Å². The number of carbonyl (C=O) groups excluding carboxylic acids is 1. The second kappa shape index (κ2) is 6.19. The molecule has 2 saturated carbocycles. The topological polar surface area (TPSA) is 40.5 Å². The molecular weight excluding hydrogens is 362 g/mol. The predicted octanol–water partition coefficient (Wildman–Crippen LogP) is 4.49. The molecule has 1 saturated heterocycles. The smallest absolute Gasteiger partial charge is 0.266 e. The molecule has 148 valence electrons. The lowest BCUT2D eigenvalue weighted by molar-refractivity contribution is -0.146. The van der Waals surface area contributed by atoms with Gasteiger partial charge < -0.3 is 10.0 Å². The van der Waals surface area contributed by atoms with Crippen molar-refractivity contribution in [2.75, 3.05) is 11.4 Å². The summed E-state index contributed by atoms with van der Waals surface area (Å²) in [5, 5.41) is 9.98. The normalized spacial score (nSPS) is 26.6. The van der Waals surface area contributed by atoms with E-state index in [1.807, 2.05) is 0 Å². The minimum absolute atomic E-state index is 0.0704. The fourth-order valence-corrected chi connectivity index (χ4v) is 4.73. The first kappa shape index (κ1) is 18.7. The van der Waals surface area contributed by atoms with Crippen molar-refractivity contribution in [1.29, 1.82) is 0 Å². The van der Waals surface area contributed by atoms with E-state index < -0.39 is 23.4 Å². The summed E-state index contributed by atoms with van der Waals surface area (Å²) in [6.07, 6.45) is -2.10. The van der Waals surface area contributed by atoms with Crippen molar-refractivity contribution >= 4 is 11.6 Å². The third kappa shape index (κ3) is 3.13. The van der Waals surface area contributed by atoms with Gasteiger partial charge in [0.1, 0.15) is 5.60 Å². The summed E-state index contributed by atoms with van der Waals surface area (Å²) >= 11 is 0. The van der Waals surface area contributed by atoms with Crippen LogP contribution in [-0.4, -0.2) is 35.5 Å². The molecule has 3 aliphatic rings. The maximum absolute atomic E-state index is 13.0. The quantitative estimate of drug-likeness (QED) is 0.779. The molecule has 0 unspecified atom stereocenters. The highest BCUT2D eigenvalue weighted by Crippen LogP contribution is 2.51. The Morgan fingerprint density at radius 2 is 1.59 bits per heavy atom. The highest BCUT2D eigenvalue weighted by Gasteiger charge is 2.54. The van der Waals surface area contributed by atoms with Crippen LogP contribution in [0.25, 0.3) is 0 Å². The van der Waals surface area contributed by atoms with E-state index >= 15 is 0 Å². The molecule has 1 spiro atoms. The number of amides is 1. The van der Waals surface area contributed by atoms with Crippen molar-refractivity contribution in [2.24, 2.45) is 5.41 Å². The lowest BCUT2D eigenvalue weighted by atomic mass is 9.68. The monoisotopic (exact) mass is 385 g/mol. The number of nitrogens with zero attached hydrogens (tertiary/aromatic N) is 1. The Kier molecular flexibility index (Phi) is 4.29. The van der Waals surface area contributed by atoms with Gasteiger partial charge in [0.15, 0.2) is 0 Å². The van der Waals surface area contributed by atoms with E-state index in [0.717, 1.165) is 5.56 Å². The lowest BCUT2D eigenvalue weighted by Crippen LogP contribution is -2.47. The summed E-state index contributed by atoms with van der Waals surface area (Å²) in [4.78, 5) is 14.7. The van der Waals surface area contributed by atoms with Gasteiger partial charge in [-0.25, -0.2) is 17.6 Å². The van der Waals surface area contributed by atoms with Crippen LogP contribution in [0, 0.1) is 5.41 Å². The molecule has 27 heavy (non-hydrogen) atoms. The van der Waals surface area contributed by atoms with Crippen LogP contribution in [-0.2, 0) is 4.79 Å². The van der Waals surface area contributed by atoms with Crippen LogP contribution in [0.5, 0.6) is 0 Å². The molecule has 1 N–H and O–H groups in total. The first-order valence-corrected chi connectivity index (χ1v) is 9.45. The number of carbonyl (C=O) groups is 1. The second-order valence-corrected chi connectivity index (χ2v) is 8.44. The second-order valence-electron chi connectivity index (χ2n) is 8.44. The van der Waals surface area contributed by atoms with Crippen LogP contribution < -0.4 is 4.90 Å². The highest BCUT2D eigenvalue weighted by molar-refractivity contribution is 6.00. The molecule has 1 aromatic carbocycles. The molecule has 7 heteroatoms. The van der Waals surface area contributed by atoms with Crippen LogP contribution in [0.2, 0.25) is 0 Å². The Hall–Kier alpha value is -1.63. The van der Waals surface area contributed by atoms with Gasteiger partial charge in [-0.15, -0.1) is 0 Å². The van der Waals surface area contributed by atoms with E-state index in [-0.39, 0.29) is 50.4 Å². The van der Waals surface area contributed by atoms with Gasteiger partial charge in [-0.05, 0) is 55.7 Å². The van der Waals surface area contributed by atoms with E-state index in [1.165, 1.54) is 0 Å². The van der Waals surface area contributed by atoms with E-state index in [9.17, 15) is 27.5 Å². The standard InChI is InChI=1S/C20H23F4NO2/c21-16(22)19(27)7-5-18(6-8-19)9-10-25(17(18)26)15-3-1-13(2-4-15)14-11-20(23,24)12-14/h1-4,14,16,27H,5-12H2/t18-,19+. The van der Waals surface area contributed by atoms with Crippen LogP contribution in [0.1, 0.15) is 56.4 Å². The molecule has 2 aliphatic carbocycles. The number of benzene rings is 1. The summed E-state index contributed by atoms with van der Waals surface area (Å²) in [5.74, 6) is -2.79. The summed E-state index contributed by atoms with van der Waals surface area (Å²) in [5.41, 5.74) is -1.09. The number of anilines is 1. The minimum Gasteiger partial charge on any atom is -0.384 e. The Labute approximate surface area is 155 Å². The Bertz CT molecular complexity index is 718. The van der Waals surface area contributed by atoms with Gasteiger partial charge in [0.25, 0.3) is 6.43 Å². The first-order chi connectivity index (χ1) is 12.6. The van der Waals surface area contributed by atoms with Crippen molar-refractivity contribution < 1.29 is 27.5 Å². The third-order valence-corrected chi connectivity index (χ3v) is 6.76.